The molecule has 0 saturated carbocycles. The van der Waals surface area contributed by atoms with E-state index in [1.54, 1.807) is 24.4 Å². The molecule has 2 rings (SSSR count). The topological polar surface area (TPSA) is 45.2 Å². The highest BCUT2D eigenvalue weighted by Gasteiger charge is 2.02. The van der Waals surface area contributed by atoms with Crippen molar-refractivity contribution in [3.63, 3.8) is 0 Å². The highest BCUT2D eigenvalue weighted by atomic mass is 35.5. The van der Waals surface area contributed by atoms with Crippen LogP contribution in [0.25, 0.3) is 0 Å². The Hall–Kier alpha value is -1.58. The van der Waals surface area contributed by atoms with Crippen LogP contribution in [-0.2, 0) is 13.1 Å². The summed E-state index contributed by atoms with van der Waals surface area (Å²) < 4.78 is 0. The molecule has 0 radical (unpaired) electrons. The van der Waals surface area contributed by atoms with Crippen molar-refractivity contribution in [1.29, 1.82) is 0 Å². The van der Waals surface area contributed by atoms with E-state index in [2.05, 4.69) is 17.2 Å². The molecule has 0 aliphatic heterocycles. The summed E-state index contributed by atoms with van der Waals surface area (Å²) in [4.78, 5) is 4.09. The predicted octanol–water partition coefficient (Wildman–Crippen LogP) is 3.04. The van der Waals surface area contributed by atoms with Crippen molar-refractivity contribution in [1.82, 2.24) is 10.3 Å². The second-order valence-corrected chi connectivity index (χ2v) is 4.62. The number of nitrogens with one attached hydrogen (secondary N) is 1. The van der Waals surface area contributed by atoms with Gasteiger partial charge in [0.25, 0.3) is 0 Å². The van der Waals surface area contributed by atoms with Crippen molar-refractivity contribution in [2.75, 3.05) is 0 Å². The summed E-state index contributed by atoms with van der Waals surface area (Å²) in [6.07, 6.45) is 3.63. The summed E-state index contributed by atoms with van der Waals surface area (Å²) >= 11 is 5.89. The first-order chi connectivity index (χ1) is 8.66. The highest BCUT2D eigenvalue weighted by molar-refractivity contribution is 6.30. The number of benzene rings is 1. The van der Waals surface area contributed by atoms with Gasteiger partial charge in [-0.15, -0.1) is 0 Å². The Morgan fingerprint density at radius 2 is 2.00 bits per heavy atom. The first-order valence-corrected chi connectivity index (χ1v) is 6.12. The zero-order valence-electron chi connectivity index (χ0n) is 10.2. The predicted molar refractivity (Wildman–Crippen MR) is 72.6 cm³/mol. The first-order valence-electron chi connectivity index (χ1n) is 5.74. The molecular formula is C14H15ClN2O. The minimum Gasteiger partial charge on any atom is -0.508 e. The lowest BCUT2D eigenvalue weighted by atomic mass is 10.1. The third-order valence-electron chi connectivity index (χ3n) is 2.82. The second-order valence-electron chi connectivity index (χ2n) is 4.18. The number of phenols is 1. The Labute approximate surface area is 111 Å². The van der Waals surface area contributed by atoms with Gasteiger partial charge in [0, 0.05) is 36.1 Å². The molecule has 94 valence electrons. The molecule has 0 amide bonds. The van der Waals surface area contributed by atoms with Crippen molar-refractivity contribution in [2.24, 2.45) is 0 Å². The molecule has 1 heterocycles. The molecular weight excluding hydrogens is 248 g/mol. The molecule has 1 aromatic carbocycles. The SMILES string of the molecule is Cc1ccncc1CNCc1cc(Cl)ccc1O. The Morgan fingerprint density at radius 3 is 2.78 bits per heavy atom. The minimum atomic E-state index is 0.259. The fraction of sp³-hybridized carbons (Fsp3) is 0.214. The average molecular weight is 263 g/mol. The molecule has 0 unspecified atom stereocenters. The third kappa shape index (κ3) is 3.22. The Bertz CT molecular complexity index is 543. The van der Waals surface area contributed by atoms with Gasteiger partial charge in [-0.25, -0.2) is 0 Å². The summed E-state index contributed by atoms with van der Waals surface area (Å²) in [5, 5.41) is 13.6. The van der Waals surface area contributed by atoms with E-state index in [4.69, 9.17) is 11.6 Å². The highest BCUT2D eigenvalue weighted by Crippen LogP contribution is 2.21. The standard InChI is InChI=1S/C14H15ClN2O/c1-10-4-5-16-8-12(10)9-17-7-11-6-13(15)2-3-14(11)18/h2-6,8,17-18H,7,9H2,1H3. The lowest BCUT2D eigenvalue weighted by Gasteiger charge is -2.08. The van der Waals surface area contributed by atoms with E-state index in [1.165, 1.54) is 5.56 Å². The molecule has 18 heavy (non-hydrogen) atoms. The quantitative estimate of drug-likeness (QED) is 0.890. The maximum Gasteiger partial charge on any atom is 0.120 e. The van der Waals surface area contributed by atoms with Crippen molar-refractivity contribution in [3.05, 3.63) is 58.4 Å². The van der Waals surface area contributed by atoms with Crippen LogP contribution in [0.5, 0.6) is 5.75 Å². The maximum absolute atomic E-state index is 9.68. The number of aryl methyl sites for hydroxylation is 1. The van der Waals surface area contributed by atoms with Crippen LogP contribution in [0.1, 0.15) is 16.7 Å². The third-order valence-corrected chi connectivity index (χ3v) is 3.06. The van der Waals surface area contributed by atoms with Gasteiger partial charge < -0.3 is 10.4 Å². The van der Waals surface area contributed by atoms with E-state index in [1.807, 2.05) is 12.3 Å². The number of halogens is 1. The van der Waals surface area contributed by atoms with Gasteiger partial charge in [-0.2, -0.15) is 0 Å². The number of nitrogens with zero attached hydrogens (tertiary/aromatic N) is 1. The smallest absolute Gasteiger partial charge is 0.120 e. The van der Waals surface area contributed by atoms with Crippen LogP contribution in [0, 0.1) is 6.92 Å². The van der Waals surface area contributed by atoms with Crippen LogP contribution in [0.3, 0.4) is 0 Å². The monoisotopic (exact) mass is 262 g/mol. The van der Waals surface area contributed by atoms with Crippen LogP contribution in [0.4, 0.5) is 0 Å². The number of hydrogen-bond donors (Lipinski definition) is 2. The molecule has 4 heteroatoms. The normalized spacial score (nSPS) is 10.6. The summed E-state index contributed by atoms with van der Waals surface area (Å²) in [5.74, 6) is 0.259. The first kappa shape index (κ1) is 12.9. The summed E-state index contributed by atoms with van der Waals surface area (Å²) in [7, 11) is 0. The lowest BCUT2D eigenvalue weighted by molar-refractivity contribution is 0.464. The number of pyridine rings is 1. The molecule has 0 saturated heterocycles. The van der Waals surface area contributed by atoms with Gasteiger partial charge in [0.15, 0.2) is 0 Å². The van der Waals surface area contributed by atoms with Crippen LogP contribution in [0.15, 0.2) is 36.7 Å². The van der Waals surface area contributed by atoms with E-state index in [0.29, 0.717) is 18.1 Å². The summed E-state index contributed by atoms with van der Waals surface area (Å²) in [6, 6.07) is 7.02. The number of aromatic hydroxyl groups is 1. The largest absolute Gasteiger partial charge is 0.508 e. The molecule has 0 bridgehead atoms. The van der Waals surface area contributed by atoms with Crippen molar-refractivity contribution in [2.45, 2.75) is 20.0 Å². The zero-order chi connectivity index (χ0) is 13.0. The van der Waals surface area contributed by atoms with Gasteiger partial charge >= 0.3 is 0 Å². The van der Waals surface area contributed by atoms with Gasteiger partial charge in [0.05, 0.1) is 0 Å². The second kappa shape index (κ2) is 5.85. The zero-order valence-corrected chi connectivity index (χ0v) is 10.9. The Kier molecular flexibility index (Phi) is 4.18. The Balaban J connectivity index is 1.96. The van der Waals surface area contributed by atoms with Gasteiger partial charge in [0.2, 0.25) is 0 Å². The molecule has 0 aliphatic carbocycles. The summed E-state index contributed by atoms with van der Waals surface area (Å²) in [6.45, 7) is 3.34. The lowest BCUT2D eigenvalue weighted by Crippen LogP contribution is -2.13. The van der Waals surface area contributed by atoms with E-state index >= 15 is 0 Å². The van der Waals surface area contributed by atoms with Gasteiger partial charge in [0.1, 0.15) is 5.75 Å². The molecule has 0 spiro atoms. The van der Waals surface area contributed by atoms with E-state index in [0.717, 1.165) is 11.1 Å². The van der Waals surface area contributed by atoms with Crippen LogP contribution in [-0.4, -0.2) is 10.1 Å². The van der Waals surface area contributed by atoms with Crippen LogP contribution < -0.4 is 5.32 Å². The van der Waals surface area contributed by atoms with Crippen LogP contribution >= 0.6 is 11.6 Å². The molecule has 3 nitrogen and oxygen atoms in total. The molecule has 0 aliphatic rings. The number of aromatic nitrogens is 1. The molecule has 2 N–H and O–H groups in total. The fourth-order valence-electron chi connectivity index (χ4n) is 1.71. The van der Waals surface area contributed by atoms with Crippen molar-refractivity contribution >= 4 is 11.6 Å². The molecule has 2 aromatic rings. The van der Waals surface area contributed by atoms with Crippen LogP contribution in [0.2, 0.25) is 5.02 Å². The number of rotatable bonds is 4. The minimum absolute atomic E-state index is 0.259. The van der Waals surface area contributed by atoms with Gasteiger partial charge in [-0.1, -0.05) is 11.6 Å². The van der Waals surface area contributed by atoms with Gasteiger partial charge in [-0.3, -0.25) is 4.98 Å². The van der Waals surface area contributed by atoms with E-state index in [-0.39, 0.29) is 5.75 Å². The fourth-order valence-corrected chi connectivity index (χ4v) is 1.90. The molecule has 0 atom stereocenters. The molecule has 1 aromatic heterocycles. The van der Waals surface area contributed by atoms with E-state index in [9.17, 15) is 5.11 Å². The maximum atomic E-state index is 9.68. The average Bonchev–Trinajstić information content (AvgIpc) is 2.36. The number of phenolic OH excluding ortho intramolecular Hbond substituents is 1. The van der Waals surface area contributed by atoms with E-state index < -0.39 is 0 Å². The van der Waals surface area contributed by atoms with Crippen molar-refractivity contribution in [3.8, 4) is 5.75 Å². The Morgan fingerprint density at radius 1 is 1.22 bits per heavy atom. The molecule has 0 fully saturated rings. The summed E-state index contributed by atoms with van der Waals surface area (Å²) in [5.41, 5.74) is 3.15. The van der Waals surface area contributed by atoms with Gasteiger partial charge in [-0.05, 0) is 42.3 Å². The number of hydrogen-bond acceptors (Lipinski definition) is 3. The van der Waals surface area contributed by atoms with Crippen molar-refractivity contribution < 1.29 is 5.11 Å².